The number of rotatable bonds is 4. The molecule has 0 N–H and O–H groups in total. The van der Waals surface area contributed by atoms with Crippen LogP contribution in [-0.4, -0.2) is 9.55 Å². The highest BCUT2D eigenvalue weighted by Crippen LogP contribution is 2.13. The molecule has 0 atom stereocenters. The molecule has 0 fully saturated rings. The second-order valence-electron chi connectivity index (χ2n) is 4.25. The van der Waals surface area contributed by atoms with E-state index >= 15 is 0 Å². The molecule has 3 rings (SSSR count). The molecule has 1 aromatic carbocycles. The number of hydrogen-bond donors (Lipinski definition) is 0. The lowest BCUT2D eigenvalue weighted by molar-refractivity contribution is 0.787. The van der Waals surface area contributed by atoms with Gasteiger partial charge in [-0.05, 0) is 29.2 Å². The SMILES string of the molecule is C(=Cc1nccn1Cc1ccccc1)c1cccs1. The van der Waals surface area contributed by atoms with Crippen molar-refractivity contribution in [3.05, 3.63) is 76.5 Å². The maximum absolute atomic E-state index is 4.39. The summed E-state index contributed by atoms with van der Waals surface area (Å²) in [6.07, 6.45) is 8.03. The van der Waals surface area contributed by atoms with Crippen LogP contribution in [-0.2, 0) is 6.54 Å². The van der Waals surface area contributed by atoms with Gasteiger partial charge in [-0.15, -0.1) is 11.3 Å². The number of benzene rings is 1. The molecule has 0 saturated heterocycles. The molecule has 0 amide bonds. The van der Waals surface area contributed by atoms with E-state index in [1.807, 2.05) is 18.5 Å². The van der Waals surface area contributed by atoms with Crippen molar-refractivity contribution in [2.24, 2.45) is 0 Å². The minimum absolute atomic E-state index is 0.852. The summed E-state index contributed by atoms with van der Waals surface area (Å²) in [5.41, 5.74) is 1.28. The van der Waals surface area contributed by atoms with Crippen LogP contribution in [0.15, 0.2) is 60.2 Å². The molecular formula is C16H14N2S. The first kappa shape index (κ1) is 11.9. The molecule has 3 aromatic rings. The maximum Gasteiger partial charge on any atom is 0.132 e. The first-order chi connectivity index (χ1) is 9.42. The predicted molar refractivity (Wildman–Crippen MR) is 81.0 cm³/mol. The Morgan fingerprint density at radius 2 is 1.95 bits per heavy atom. The van der Waals surface area contributed by atoms with Gasteiger partial charge in [0, 0.05) is 23.8 Å². The molecule has 0 aliphatic rings. The summed E-state index contributed by atoms with van der Waals surface area (Å²) in [7, 11) is 0. The van der Waals surface area contributed by atoms with Crippen LogP contribution in [0.25, 0.3) is 12.2 Å². The zero-order valence-electron chi connectivity index (χ0n) is 10.4. The standard InChI is InChI=1S/C16H14N2S/c1-2-5-14(6-3-1)13-18-11-10-17-16(18)9-8-15-7-4-12-19-15/h1-12H,13H2. The molecule has 3 heteroatoms. The minimum Gasteiger partial charge on any atom is -0.327 e. The van der Waals surface area contributed by atoms with Crippen LogP contribution in [0.4, 0.5) is 0 Å². The Hall–Kier alpha value is -2.13. The van der Waals surface area contributed by atoms with E-state index in [9.17, 15) is 0 Å². The first-order valence-electron chi connectivity index (χ1n) is 6.18. The molecule has 94 valence electrons. The Balaban J connectivity index is 1.79. The Labute approximate surface area is 116 Å². The van der Waals surface area contributed by atoms with Crippen molar-refractivity contribution in [3.63, 3.8) is 0 Å². The van der Waals surface area contributed by atoms with Gasteiger partial charge in [-0.1, -0.05) is 36.4 Å². The van der Waals surface area contributed by atoms with Crippen LogP contribution >= 0.6 is 11.3 Å². The Kier molecular flexibility index (Phi) is 3.56. The second kappa shape index (κ2) is 5.67. The summed E-state index contributed by atoms with van der Waals surface area (Å²) in [5, 5.41) is 2.08. The summed E-state index contributed by atoms with van der Waals surface area (Å²) in [6.45, 7) is 0.852. The monoisotopic (exact) mass is 266 g/mol. The van der Waals surface area contributed by atoms with E-state index in [1.54, 1.807) is 11.3 Å². The number of hydrogen-bond acceptors (Lipinski definition) is 2. The second-order valence-corrected chi connectivity index (χ2v) is 5.23. The topological polar surface area (TPSA) is 17.8 Å². The van der Waals surface area contributed by atoms with Crippen molar-refractivity contribution in [3.8, 4) is 0 Å². The number of imidazole rings is 1. The summed E-state index contributed by atoms with van der Waals surface area (Å²) >= 11 is 1.73. The third-order valence-corrected chi connectivity index (χ3v) is 3.72. The van der Waals surface area contributed by atoms with Gasteiger partial charge in [0.2, 0.25) is 0 Å². The Bertz CT molecular complexity index is 651. The van der Waals surface area contributed by atoms with Crippen LogP contribution in [0.2, 0.25) is 0 Å². The Morgan fingerprint density at radius 1 is 1.05 bits per heavy atom. The zero-order chi connectivity index (χ0) is 12.9. The average Bonchev–Trinajstić information content (AvgIpc) is 3.09. The molecule has 2 nitrogen and oxygen atoms in total. The highest BCUT2D eigenvalue weighted by molar-refractivity contribution is 7.10. The summed E-state index contributed by atoms with van der Waals surface area (Å²) in [6, 6.07) is 14.6. The fourth-order valence-electron chi connectivity index (χ4n) is 1.94. The van der Waals surface area contributed by atoms with Gasteiger partial charge in [0.05, 0.1) is 0 Å². The molecule has 2 aromatic heterocycles. The fraction of sp³-hybridized carbons (Fsp3) is 0.0625. The molecular weight excluding hydrogens is 252 g/mol. The Morgan fingerprint density at radius 3 is 2.74 bits per heavy atom. The van der Waals surface area contributed by atoms with Gasteiger partial charge in [-0.2, -0.15) is 0 Å². The predicted octanol–water partition coefficient (Wildman–Crippen LogP) is 4.16. The van der Waals surface area contributed by atoms with E-state index in [2.05, 4.69) is 63.5 Å². The van der Waals surface area contributed by atoms with E-state index in [0.29, 0.717) is 0 Å². The molecule has 0 unspecified atom stereocenters. The smallest absolute Gasteiger partial charge is 0.132 e. The van der Waals surface area contributed by atoms with Crippen molar-refractivity contribution in [1.82, 2.24) is 9.55 Å². The highest BCUT2D eigenvalue weighted by Gasteiger charge is 2.00. The minimum atomic E-state index is 0.852. The van der Waals surface area contributed by atoms with E-state index in [-0.39, 0.29) is 0 Å². The van der Waals surface area contributed by atoms with Crippen LogP contribution in [0.1, 0.15) is 16.3 Å². The number of aromatic nitrogens is 2. The van der Waals surface area contributed by atoms with E-state index < -0.39 is 0 Å². The molecule has 0 radical (unpaired) electrons. The van der Waals surface area contributed by atoms with Crippen molar-refractivity contribution < 1.29 is 0 Å². The van der Waals surface area contributed by atoms with Gasteiger partial charge < -0.3 is 4.57 Å². The van der Waals surface area contributed by atoms with E-state index in [1.165, 1.54) is 10.4 Å². The summed E-state index contributed by atoms with van der Waals surface area (Å²) in [4.78, 5) is 5.64. The normalized spacial score (nSPS) is 11.2. The van der Waals surface area contributed by atoms with Crippen LogP contribution < -0.4 is 0 Å². The summed E-state index contributed by atoms with van der Waals surface area (Å²) in [5.74, 6) is 0.984. The third-order valence-electron chi connectivity index (χ3n) is 2.88. The number of thiophene rings is 1. The molecule has 0 spiro atoms. The molecule has 2 heterocycles. The van der Waals surface area contributed by atoms with E-state index in [0.717, 1.165) is 12.4 Å². The highest BCUT2D eigenvalue weighted by atomic mass is 32.1. The maximum atomic E-state index is 4.39. The molecule has 0 saturated carbocycles. The fourth-order valence-corrected chi connectivity index (χ4v) is 2.55. The van der Waals surface area contributed by atoms with Gasteiger partial charge >= 0.3 is 0 Å². The van der Waals surface area contributed by atoms with Gasteiger partial charge in [0.25, 0.3) is 0 Å². The first-order valence-corrected chi connectivity index (χ1v) is 7.06. The zero-order valence-corrected chi connectivity index (χ0v) is 11.3. The summed E-state index contributed by atoms with van der Waals surface area (Å²) < 4.78 is 2.15. The largest absolute Gasteiger partial charge is 0.327 e. The molecule has 0 aliphatic heterocycles. The van der Waals surface area contributed by atoms with Crippen molar-refractivity contribution >= 4 is 23.5 Å². The quantitative estimate of drug-likeness (QED) is 0.693. The van der Waals surface area contributed by atoms with Crippen molar-refractivity contribution in [2.75, 3.05) is 0 Å². The lowest BCUT2D eigenvalue weighted by atomic mass is 10.2. The lowest BCUT2D eigenvalue weighted by Gasteiger charge is -2.04. The van der Waals surface area contributed by atoms with Gasteiger partial charge in [-0.3, -0.25) is 0 Å². The van der Waals surface area contributed by atoms with E-state index in [4.69, 9.17) is 0 Å². The van der Waals surface area contributed by atoms with Crippen molar-refractivity contribution in [2.45, 2.75) is 6.54 Å². The van der Waals surface area contributed by atoms with Crippen molar-refractivity contribution in [1.29, 1.82) is 0 Å². The number of nitrogens with zero attached hydrogens (tertiary/aromatic N) is 2. The van der Waals surface area contributed by atoms with Crippen LogP contribution in [0.5, 0.6) is 0 Å². The molecule has 0 aliphatic carbocycles. The van der Waals surface area contributed by atoms with Crippen LogP contribution in [0, 0.1) is 0 Å². The molecule has 19 heavy (non-hydrogen) atoms. The average molecular weight is 266 g/mol. The van der Waals surface area contributed by atoms with Gasteiger partial charge in [-0.25, -0.2) is 4.98 Å². The van der Waals surface area contributed by atoms with Crippen LogP contribution in [0.3, 0.4) is 0 Å². The lowest BCUT2D eigenvalue weighted by Crippen LogP contribution is -2.00. The van der Waals surface area contributed by atoms with Gasteiger partial charge in [0.1, 0.15) is 5.82 Å². The molecule has 0 bridgehead atoms. The van der Waals surface area contributed by atoms with Gasteiger partial charge in [0.15, 0.2) is 0 Å². The third kappa shape index (κ3) is 3.01.